The molecule has 72 valence electrons. The summed E-state index contributed by atoms with van der Waals surface area (Å²) in [6.45, 7) is 5.81. The molecular formula is C11H16FN. The van der Waals surface area contributed by atoms with Crippen molar-refractivity contribution in [2.24, 2.45) is 11.7 Å². The van der Waals surface area contributed by atoms with Gasteiger partial charge in [0, 0.05) is 6.04 Å². The van der Waals surface area contributed by atoms with Gasteiger partial charge >= 0.3 is 0 Å². The zero-order chi connectivity index (χ0) is 10.0. The van der Waals surface area contributed by atoms with E-state index in [1.807, 2.05) is 19.9 Å². The third-order valence-electron chi connectivity index (χ3n) is 2.30. The summed E-state index contributed by atoms with van der Waals surface area (Å²) in [6, 6.07) is 5.12. The molecule has 2 N–H and O–H groups in total. The first kappa shape index (κ1) is 10.2. The quantitative estimate of drug-likeness (QED) is 0.746. The smallest absolute Gasteiger partial charge is 0.126 e. The Hall–Kier alpha value is -0.890. The molecule has 0 saturated carbocycles. The van der Waals surface area contributed by atoms with Gasteiger partial charge in [0.2, 0.25) is 0 Å². The van der Waals surface area contributed by atoms with E-state index in [9.17, 15) is 4.39 Å². The second-order valence-corrected chi connectivity index (χ2v) is 3.78. The summed E-state index contributed by atoms with van der Waals surface area (Å²) in [7, 11) is 0. The maximum atomic E-state index is 13.1. The minimum atomic E-state index is -0.173. The van der Waals surface area contributed by atoms with Crippen molar-refractivity contribution in [1.29, 1.82) is 0 Å². The number of hydrogen-bond donors (Lipinski definition) is 1. The van der Waals surface area contributed by atoms with Crippen molar-refractivity contribution in [3.8, 4) is 0 Å². The largest absolute Gasteiger partial charge is 0.324 e. The molecule has 0 bridgehead atoms. The molecule has 0 heterocycles. The van der Waals surface area contributed by atoms with E-state index in [0.717, 1.165) is 5.56 Å². The van der Waals surface area contributed by atoms with E-state index in [1.165, 1.54) is 6.07 Å². The Kier molecular flexibility index (Phi) is 3.04. The highest BCUT2D eigenvalue weighted by molar-refractivity contribution is 5.25. The van der Waals surface area contributed by atoms with Gasteiger partial charge in [0.1, 0.15) is 5.82 Å². The summed E-state index contributed by atoms with van der Waals surface area (Å²) in [5.74, 6) is 0.163. The topological polar surface area (TPSA) is 26.0 Å². The SMILES string of the molecule is Cc1ccc([C@@H](N)C(C)C)cc1F. The van der Waals surface area contributed by atoms with Crippen molar-refractivity contribution in [2.75, 3.05) is 0 Å². The fourth-order valence-electron chi connectivity index (χ4n) is 1.20. The summed E-state index contributed by atoms with van der Waals surface area (Å²) < 4.78 is 13.1. The second kappa shape index (κ2) is 3.88. The Morgan fingerprint density at radius 1 is 1.31 bits per heavy atom. The molecule has 0 unspecified atom stereocenters. The lowest BCUT2D eigenvalue weighted by molar-refractivity contribution is 0.509. The average molecular weight is 181 g/mol. The predicted molar refractivity (Wildman–Crippen MR) is 52.9 cm³/mol. The molecule has 0 radical (unpaired) electrons. The van der Waals surface area contributed by atoms with Crippen LogP contribution in [-0.2, 0) is 0 Å². The van der Waals surface area contributed by atoms with Gasteiger partial charge in [-0.1, -0.05) is 26.0 Å². The van der Waals surface area contributed by atoms with Crippen LogP contribution < -0.4 is 5.73 Å². The fraction of sp³-hybridized carbons (Fsp3) is 0.455. The van der Waals surface area contributed by atoms with Gasteiger partial charge in [-0.25, -0.2) is 4.39 Å². The molecule has 0 saturated heterocycles. The van der Waals surface area contributed by atoms with Crippen LogP contribution in [0.1, 0.15) is 31.0 Å². The van der Waals surface area contributed by atoms with Gasteiger partial charge in [-0.2, -0.15) is 0 Å². The summed E-state index contributed by atoms with van der Waals surface area (Å²) in [4.78, 5) is 0. The molecule has 0 spiro atoms. The normalized spacial score (nSPS) is 13.4. The number of aryl methyl sites for hydroxylation is 1. The minimum Gasteiger partial charge on any atom is -0.324 e. The number of hydrogen-bond acceptors (Lipinski definition) is 1. The summed E-state index contributed by atoms with van der Waals surface area (Å²) in [6.07, 6.45) is 0. The van der Waals surface area contributed by atoms with Crippen LogP contribution in [0.2, 0.25) is 0 Å². The standard InChI is InChI=1S/C11H16FN/c1-7(2)11(13)9-5-4-8(3)10(12)6-9/h4-7,11H,13H2,1-3H3/t11-/m0/s1. The van der Waals surface area contributed by atoms with Gasteiger partial charge in [0.25, 0.3) is 0 Å². The zero-order valence-corrected chi connectivity index (χ0v) is 8.34. The van der Waals surface area contributed by atoms with Crippen molar-refractivity contribution in [3.63, 3.8) is 0 Å². The second-order valence-electron chi connectivity index (χ2n) is 3.78. The molecule has 0 aromatic heterocycles. The molecule has 0 aliphatic rings. The van der Waals surface area contributed by atoms with Crippen molar-refractivity contribution in [3.05, 3.63) is 35.1 Å². The number of halogens is 1. The minimum absolute atomic E-state index is 0.0740. The maximum absolute atomic E-state index is 13.1. The number of rotatable bonds is 2. The van der Waals surface area contributed by atoms with Crippen LogP contribution in [0.4, 0.5) is 4.39 Å². The van der Waals surface area contributed by atoms with E-state index in [4.69, 9.17) is 5.73 Å². The molecule has 0 amide bonds. The lowest BCUT2D eigenvalue weighted by atomic mass is 9.96. The highest BCUT2D eigenvalue weighted by Gasteiger charge is 2.11. The van der Waals surface area contributed by atoms with Crippen LogP contribution in [-0.4, -0.2) is 0 Å². The third kappa shape index (κ3) is 2.28. The maximum Gasteiger partial charge on any atom is 0.126 e. The molecule has 0 aliphatic carbocycles. The molecule has 13 heavy (non-hydrogen) atoms. The van der Waals surface area contributed by atoms with Gasteiger partial charge < -0.3 is 5.73 Å². The first-order valence-electron chi connectivity index (χ1n) is 4.54. The lowest BCUT2D eigenvalue weighted by Gasteiger charge is -2.16. The zero-order valence-electron chi connectivity index (χ0n) is 8.34. The van der Waals surface area contributed by atoms with Crippen LogP contribution in [0.3, 0.4) is 0 Å². The average Bonchev–Trinajstić information content (AvgIpc) is 2.08. The first-order valence-corrected chi connectivity index (χ1v) is 4.54. The van der Waals surface area contributed by atoms with Gasteiger partial charge in [-0.15, -0.1) is 0 Å². The van der Waals surface area contributed by atoms with E-state index in [2.05, 4.69) is 0 Å². The summed E-state index contributed by atoms with van der Waals surface area (Å²) >= 11 is 0. The lowest BCUT2D eigenvalue weighted by Crippen LogP contribution is -2.16. The fourth-order valence-corrected chi connectivity index (χ4v) is 1.20. The van der Waals surface area contributed by atoms with Crippen LogP contribution in [0.25, 0.3) is 0 Å². The van der Waals surface area contributed by atoms with Gasteiger partial charge in [-0.3, -0.25) is 0 Å². The molecule has 1 atom stereocenters. The number of benzene rings is 1. The van der Waals surface area contributed by atoms with Crippen LogP contribution in [0.5, 0.6) is 0 Å². The molecular weight excluding hydrogens is 165 g/mol. The molecule has 0 aliphatic heterocycles. The van der Waals surface area contributed by atoms with Crippen molar-refractivity contribution >= 4 is 0 Å². The first-order chi connectivity index (χ1) is 6.02. The molecule has 1 aromatic rings. The van der Waals surface area contributed by atoms with Crippen LogP contribution in [0.15, 0.2) is 18.2 Å². The van der Waals surface area contributed by atoms with E-state index < -0.39 is 0 Å². The number of nitrogens with two attached hydrogens (primary N) is 1. The Morgan fingerprint density at radius 3 is 2.38 bits per heavy atom. The van der Waals surface area contributed by atoms with E-state index in [0.29, 0.717) is 11.5 Å². The van der Waals surface area contributed by atoms with Gasteiger partial charge in [0.05, 0.1) is 0 Å². The van der Waals surface area contributed by atoms with Crippen LogP contribution in [0, 0.1) is 18.7 Å². The highest BCUT2D eigenvalue weighted by Crippen LogP contribution is 2.20. The van der Waals surface area contributed by atoms with E-state index in [-0.39, 0.29) is 11.9 Å². The molecule has 1 aromatic carbocycles. The van der Waals surface area contributed by atoms with Crippen molar-refractivity contribution in [2.45, 2.75) is 26.8 Å². The Morgan fingerprint density at radius 2 is 1.92 bits per heavy atom. The Labute approximate surface area is 78.8 Å². The van der Waals surface area contributed by atoms with Crippen molar-refractivity contribution < 1.29 is 4.39 Å². The third-order valence-corrected chi connectivity index (χ3v) is 2.30. The summed E-state index contributed by atoms with van der Waals surface area (Å²) in [5, 5.41) is 0. The Bertz CT molecular complexity index is 294. The monoisotopic (exact) mass is 181 g/mol. The van der Waals surface area contributed by atoms with Gasteiger partial charge in [0.15, 0.2) is 0 Å². The Balaban J connectivity index is 2.97. The predicted octanol–water partition coefficient (Wildman–Crippen LogP) is 2.79. The molecule has 1 nitrogen and oxygen atoms in total. The van der Waals surface area contributed by atoms with E-state index >= 15 is 0 Å². The van der Waals surface area contributed by atoms with E-state index in [1.54, 1.807) is 13.0 Å². The highest BCUT2D eigenvalue weighted by atomic mass is 19.1. The van der Waals surface area contributed by atoms with Crippen molar-refractivity contribution in [1.82, 2.24) is 0 Å². The van der Waals surface area contributed by atoms with Gasteiger partial charge in [-0.05, 0) is 30.0 Å². The molecule has 2 heteroatoms. The molecule has 1 rings (SSSR count). The summed E-state index contributed by atoms with van der Waals surface area (Å²) in [5.41, 5.74) is 7.43. The van der Waals surface area contributed by atoms with Crippen LogP contribution >= 0.6 is 0 Å². The molecule has 0 fully saturated rings.